The highest BCUT2D eigenvalue weighted by Crippen LogP contribution is 2.34. The predicted octanol–water partition coefficient (Wildman–Crippen LogP) is 1.67. The first-order valence-corrected chi connectivity index (χ1v) is 5.30. The van der Waals surface area contributed by atoms with Crippen molar-refractivity contribution in [3.05, 3.63) is 17.5 Å². The Hall–Kier alpha value is -1.65. The fourth-order valence-electron chi connectivity index (χ4n) is 2.23. The van der Waals surface area contributed by atoms with Crippen LogP contribution in [0.5, 0.6) is 0 Å². The summed E-state index contributed by atoms with van der Waals surface area (Å²) in [7, 11) is 0. The van der Waals surface area contributed by atoms with Crippen molar-refractivity contribution in [3.63, 3.8) is 0 Å². The maximum atomic E-state index is 12.0. The third-order valence-corrected chi connectivity index (χ3v) is 3.04. The third kappa shape index (κ3) is 1.85. The number of carbonyl (C=O) groups is 2. The molecule has 0 aromatic carbocycles. The second kappa shape index (κ2) is 4.08. The third-order valence-electron chi connectivity index (χ3n) is 3.04. The Morgan fingerprint density at radius 2 is 2.12 bits per heavy atom. The number of hydrogen-bond donors (Lipinski definition) is 1. The van der Waals surface area contributed by atoms with Crippen LogP contribution in [0, 0.1) is 18.8 Å². The van der Waals surface area contributed by atoms with Gasteiger partial charge in [-0.2, -0.15) is 0 Å². The number of hydrogen-bond acceptors (Lipinski definition) is 4. The molecule has 1 aliphatic rings. The Kier molecular flexibility index (Phi) is 2.77. The molecule has 1 aliphatic carbocycles. The summed E-state index contributed by atoms with van der Waals surface area (Å²) in [5.41, 5.74) is 0.633. The molecule has 1 aromatic rings. The van der Waals surface area contributed by atoms with Crippen LogP contribution in [-0.4, -0.2) is 22.0 Å². The lowest BCUT2D eigenvalue weighted by molar-refractivity contribution is -0.142. The van der Waals surface area contributed by atoms with Crippen molar-refractivity contribution in [1.82, 2.24) is 5.16 Å². The van der Waals surface area contributed by atoms with Gasteiger partial charge in [0, 0.05) is 12.0 Å². The van der Waals surface area contributed by atoms with Gasteiger partial charge in [0.15, 0.2) is 0 Å². The molecule has 0 bridgehead atoms. The quantitative estimate of drug-likeness (QED) is 0.788. The molecule has 1 saturated carbocycles. The van der Waals surface area contributed by atoms with E-state index in [0.717, 1.165) is 6.42 Å². The van der Waals surface area contributed by atoms with Crippen LogP contribution < -0.4 is 0 Å². The van der Waals surface area contributed by atoms with Gasteiger partial charge in [-0.05, 0) is 19.8 Å². The monoisotopic (exact) mass is 223 g/mol. The van der Waals surface area contributed by atoms with Crippen LogP contribution in [0.25, 0.3) is 0 Å². The van der Waals surface area contributed by atoms with Gasteiger partial charge in [-0.3, -0.25) is 9.59 Å². The van der Waals surface area contributed by atoms with E-state index in [1.54, 1.807) is 13.0 Å². The topological polar surface area (TPSA) is 80.4 Å². The van der Waals surface area contributed by atoms with Gasteiger partial charge in [-0.1, -0.05) is 11.6 Å². The Morgan fingerprint density at radius 3 is 2.69 bits per heavy atom. The molecule has 0 aliphatic heterocycles. The maximum Gasteiger partial charge on any atom is 0.307 e. The molecule has 5 heteroatoms. The van der Waals surface area contributed by atoms with Crippen molar-refractivity contribution in [2.75, 3.05) is 0 Å². The summed E-state index contributed by atoms with van der Waals surface area (Å²) in [5.74, 6) is -1.98. The molecule has 2 rings (SSSR count). The maximum absolute atomic E-state index is 12.0. The molecule has 2 atom stereocenters. The first-order valence-electron chi connectivity index (χ1n) is 5.30. The van der Waals surface area contributed by atoms with Gasteiger partial charge >= 0.3 is 5.97 Å². The minimum Gasteiger partial charge on any atom is -0.481 e. The Balaban J connectivity index is 2.18. The average Bonchev–Trinajstić information content (AvgIpc) is 2.84. The van der Waals surface area contributed by atoms with Crippen molar-refractivity contribution in [3.8, 4) is 0 Å². The van der Waals surface area contributed by atoms with Gasteiger partial charge in [0.25, 0.3) is 0 Å². The number of carboxylic acids is 1. The summed E-state index contributed by atoms with van der Waals surface area (Å²) in [6, 6.07) is 1.56. The number of ketones is 1. The number of nitrogens with zero attached hydrogens (tertiary/aromatic N) is 1. The summed E-state index contributed by atoms with van der Waals surface area (Å²) in [6.07, 6.45) is 1.97. The summed E-state index contributed by atoms with van der Waals surface area (Å²) in [5, 5.41) is 12.6. The molecule has 0 radical (unpaired) electrons. The molecule has 1 unspecified atom stereocenters. The van der Waals surface area contributed by atoms with E-state index in [2.05, 4.69) is 5.16 Å². The van der Waals surface area contributed by atoms with E-state index in [1.807, 2.05) is 0 Å². The van der Waals surface area contributed by atoms with Crippen molar-refractivity contribution >= 4 is 11.8 Å². The van der Waals surface area contributed by atoms with E-state index in [9.17, 15) is 9.59 Å². The summed E-state index contributed by atoms with van der Waals surface area (Å²) in [4.78, 5) is 22.9. The van der Waals surface area contributed by atoms with Crippen LogP contribution in [0.4, 0.5) is 0 Å². The van der Waals surface area contributed by atoms with Gasteiger partial charge in [0.1, 0.15) is 0 Å². The summed E-state index contributed by atoms with van der Waals surface area (Å²) < 4.78 is 4.87. The Labute approximate surface area is 92.4 Å². The average molecular weight is 223 g/mol. The van der Waals surface area contributed by atoms with Crippen LogP contribution in [0.15, 0.2) is 10.6 Å². The number of rotatable bonds is 3. The van der Waals surface area contributed by atoms with Crippen molar-refractivity contribution in [2.24, 2.45) is 11.8 Å². The molecule has 0 saturated heterocycles. The van der Waals surface area contributed by atoms with E-state index >= 15 is 0 Å². The molecule has 1 aromatic heterocycles. The first-order chi connectivity index (χ1) is 7.59. The number of aliphatic carboxylic acids is 1. The standard InChI is InChI=1S/C11H13NO4/c1-6-5-9(16-12-6)10(13)7-3-2-4-8(7)11(14)15/h5,7-8H,2-4H2,1H3,(H,14,15)/t7?,8-/m0/s1. The van der Waals surface area contributed by atoms with Gasteiger partial charge in [-0.15, -0.1) is 0 Å². The molecule has 1 fully saturated rings. The smallest absolute Gasteiger partial charge is 0.307 e. The largest absolute Gasteiger partial charge is 0.481 e. The number of carboxylic acid groups (broad SMARTS) is 1. The van der Waals surface area contributed by atoms with E-state index in [1.165, 1.54) is 0 Å². The lowest BCUT2D eigenvalue weighted by atomic mass is 9.91. The summed E-state index contributed by atoms with van der Waals surface area (Å²) >= 11 is 0. The summed E-state index contributed by atoms with van der Waals surface area (Å²) in [6.45, 7) is 1.73. The molecule has 1 N–H and O–H groups in total. The molecule has 5 nitrogen and oxygen atoms in total. The van der Waals surface area contributed by atoms with E-state index in [0.29, 0.717) is 18.5 Å². The van der Waals surface area contributed by atoms with Gasteiger partial charge in [0.05, 0.1) is 11.6 Å². The SMILES string of the molecule is Cc1cc(C(=O)C2CCC[C@@H]2C(=O)O)on1. The predicted molar refractivity (Wildman–Crippen MR) is 54.0 cm³/mol. The molecule has 16 heavy (non-hydrogen) atoms. The number of Topliss-reactive ketones (excluding diaryl/α,β-unsaturated/α-hetero) is 1. The van der Waals surface area contributed by atoms with Crippen LogP contribution in [0.2, 0.25) is 0 Å². The van der Waals surface area contributed by atoms with E-state index in [-0.39, 0.29) is 11.5 Å². The lowest BCUT2D eigenvalue weighted by Crippen LogP contribution is -2.25. The zero-order valence-electron chi connectivity index (χ0n) is 8.97. The van der Waals surface area contributed by atoms with Gasteiger partial charge in [0.2, 0.25) is 11.5 Å². The van der Waals surface area contributed by atoms with Crippen LogP contribution in [-0.2, 0) is 4.79 Å². The zero-order valence-corrected chi connectivity index (χ0v) is 8.97. The zero-order chi connectivity index (χ0) is 11.7. The lowest BCUT2D eigenvalue weighted by Gasteiger charge is -2.11. The van der Waals surface area contributed by atoms with Crippen molar-refractivity contribution < 1.29 is 19.2 Å². The van der Waals surface area contributed by atoms with Gasteiger partial charge in [-0.25, -0.2) is 0 Å². The minimum atomic E-state index is -0.896. The van der Waals surface area contributed by atoms with E-state index < -0.39 is 17.8 Å². The molecule has 86 valence electrons. The highest BCUT2D eigenvalue weighted by Gasteiger charge is 2.39. The fourth-order valence-corrected chi connectivity index (χ4v) is 2.23. The molecule has 0 amide bonds. The highest BCUT2D eigenvalue weighted by molar-refractivity contribution is 5.97. The second-order valence-corrected chi connectivity index (χ2v) is 4.18. The molecule has 0 spiro atoms. The molecule has 1 heterocycles. The van der Waals surface area contributed by atoms with Gasteiger partial charge < -0.3 is 9.63 Å². The minimum absolute atomic E-state index is 0.177. The fraction of sp³-hybridized carbons (Fsp3) is 0.545. The van der Waals surface area contributed by atoms with Crippen LogP contribution >= 0.6 is 0 Å². The van der Waals surface area contributed by atoms with Crippen molar-refractivity contribution in [1.29, 1.82) is 0 Å². The number of aryl methyl sites for hydroxylation is 1. The molecular weight excluding hydrogens is 210 g/mol. The normalized spacial score (nSPS) is 24.6. The van der Waals surface area contributed by atoms with Crippen LogP contribution in [0.3, 0.4) is 0 Å². The Morgan fingerprint density at radius 1 is 1.44 bits per heavy atom. The van der Waals surface area contributed by atoms with Crippen molar-refractivity contribution in [2.45, 2.75) is 26.2 Å². The first kappa shape index (κ1) is 10.9. The Bertz CT molecular complexity index is 423. The second-order valence-electron chi connectivity index (χ2n) is 4.18. The number of aromatic nitrogens is 1. The number of carbonyl (C=O) groups excluding carboxylic acids is 1. The highest BCUT2D eigenvalue weighted by atomic mass is 16.5. The molecular formula is C11H13NO4. The van der Waals surface area contributed by atoms with Crippen LogP contribution in [0.1, 0.15) is 35.5 Å². The van der Waals surface area contributed by atoms with E-state index in [4.69, 9.17) is 9.63 Å².